The highest BCUT2D eigenvalue weighted by atomic mass is 32.2. The van der Waals surface area contributed by atoms with Crippen molar-refractivity contribution in [2.75, 3.05) is 11.1 Å². The zero-order chi connectivity index (χ0) is 19.5. The molecule has 28 heavy (non-hydrogen) atoms. The molecule has 7 heteroatoms. The number of nitrogens with one attached hydrogen (secondary N) is 1. The summed E-state index contributed by atoms with van der Waals surface area (Å²) >= 11 is 1.50. The number of thioether (sulfide) groups is 1. The molecule has 0 aliphatic heterocycles. The van der Waals surface area contributed by atoms with Gasteiger partial charge in [0, 0.05) is 23.4 Å². The van der Waals surface area contributed by atoms with Gasteiger partial charge in [0.15, 0.2) is 16.6 Å². The summed E-state index contributed by atoms with van der Waals surface area (Å²) in [4.78, 5) is 23.5. The molecule has 6 nitrogen and oxygen atoms in total. The van der Waals surface area contributed by atoms with Crippen molar-refractivity contribution in [3.63, 3.8) is 0 Å². The molecule has 0 saturated heterocycles. The summed E-state index contributed by atoms with van der Waals surface area (Å²) in [5.74, 6) is 0.505. The van der Waals surface area contributed by atoms with Crippen LogP contribution < -0.4 is 5.32 Å². The van der Waals surface area contributed by atoms with Crippen molar-refractivity contribution in [1.29, 1.82) is 0 Å². The van der Waals surface area contributed by atoms with E-state index in [0.717, 1.165) is 21.7 Å². The first-order valence-electron chi connectivity index (χ1n) is 8.88. The van der Waals surface area contributed by atoms with Crippen LogP contribution in [-0.4, -0.2) is 32.0 Å². The third-order valence-corrected chi connectivity index (χ3v) is 5.31. The van der Waals surface area contributed by atoms with E-state index in [-0.39, 0.29) is 11.7 Å². The Morgan fingerprint density at radius 3 is 2.57 bits per heavy atom. The van der Waals surface area contributed by atoms with Gasteiger partial charge in [0.1, 0.15) is 0 Å². The summed E-state index contributed by atoms with van der Waals surface area (Å²) in [6.07, 6.45) is 0.346. The topological polar surface area (TPSA) is 76.4 Å². The average molecular weight is 390 g/mol. The van der Waals surface area contributed by atoms with Gasteiger partial charge in [-0.05, 0) is 54.8 Å². The number of carbonyl (C=O) groups excluding carboxylic acids is 2. The molecule has 4 aromatic rings. The van der Waals surface area contributed by atoms with Gasteiger partial charge in [-0.1, -0.05) is 30.0 Å². The summed E-state index contributed by atoms with van der Waals surface area (Å²) in [6.45, 7) is 1.52. The number of para-hydroxylation sites is 1. The van der Waals surface area contributed by atoms with Crippen LogP contribution in [0.25, 0.3) is 16.6 Å². The van der Waals surface area contributed by atoms with E-state index in [1.165, 1.54) is 18.7 Å². The number of amides is 1. The first-order chi connectivity index (χ1) is 13.6. The minimum absolute atomic E-state index is 0.00216. The molecule has 0 radical (unpaired) electrons. The molecule has 2 aromatic heterocycles. The molecule has 0 unspecified atom stereocenters. The monoisotopic (exact) mass is 390 g/mol. The Labute approximate surface area is 166 Å². The van der Waals surface area contributed by atoms with E-state index in [0.29, 0.717) is 23.4 Å². The number of nitrogens with zero attached hydrogens (tertiary/aromatic N) is 3. The van der Waals surface area contributed by atoms with Crippen molar-refractivity contribution in [3.05, 3.63) is 66.2 Å². The first kappa shape index (κ1) is 18.2. The molecule has 0 aliphatic rings. The third kappa shape index (κ3) is 3.75. The lowest BCUT2D eigenvalue weighted by atomic mass is 10.1. The number of benzene rings is 2. The predicted molar refractivity (Wildman–Crippen MR) is 111 cm³/mol. The zero-order valence-electron chi connectivity index (χ0n) is 15.3. The fourth-order valence-electron chi connectivity index (χ4n) is 2.95. The van der Waals surface area contributed by atoms with Gasteiger partial charge < -0.3 is 5.32 Å². The van der Waals surface area contributed by atoms with Crippen LogP contribution in [0.3, 0.4) is 0 Å². The first-order valence-corrected chi connectivity index (χ1v) is 9.87. The highest BCUT2D eigenvalue weighted by molar-refractivity contribution is 7.99. The molecule has 2 heterocycles. The molecule has 140 valence electrons. The number of hydrogen-bond donors (Lipinski definition) is 1. The van der Waals surface area contributed by atoms with Crippen molar-refractivity contribution in [2.24, 2.45) is 0 Å². The Hall–Kier alpha value is -3.19. The normalized spacial score (nSPS) is 11.0. The molecule has 0 spiro atoms. The van der Waals surface area contributed by atoms with Gasteiger partial charge >= 0.3 is 0 Å². The average Bonchev–Trinajstić information content (AvgIpc) is 3.12. The van der Waals surface area contributed by atoms with E-state index in [9.17, 15) is 9.59 Å². The zero-order valence-corrected chi connectivity index (χ0v) is 16.1. The van der Waals surface area contributed by atoms with Gasteiger partial charge in [-0.15, -0.1) is 10.2 Å². The van der Waals surface area contributed by atoms with Crippen molar-refractivity contribution < 1.29 is 9.59 Å². The van der Waals surface area contributed by atoms with E-state index in [1.54, 1.807) is 24.3 Å². The van der Waals surface area contributed by atoms with Gasteiger partial charge in [0.2, 0.25) is 5.91 Å². The second-order valence-electron chi connectivity index (χ2n) is 6.35. The Morgan fingerprint density at radius 2 is 1.79 bits per heavy atom. The number of Topliss-reactive ketones (excluding diaryl/α,β-unsaturated/α-hetero) is 1. The maximum absolute atomic E-state index is 12.2. The Kier molecular flexibility index (Phi) is 5.08. The molecular formula is C21H18N4O2S. The molecule has 0 saturated carbocycles. The van der Waals surface area contributed by atoms with E-state index in [2.05, 4.69) is 15.5 Å². The minimum atomic E-state index is -0.0817. The summed E-state index contributed by atoms with van der Waals surface area (Å²) in [5.41, 5.74) is 3.14. The number of rotatable bonds is 6. The lowest BCUT2D eigenvalue weighted by molar-refractivity contribution is -0.115. The molecular weight excluding hydrogens is 372 g/mol. The predicted octanol–water partition coefficient (Wildman–Crippen LogP) is 4.21. The fraction of sp³-hybridized carbons (Fsp3) is 0.143. The molecule has 2 aromatic carbocycles. The van der Waals surface area contributed by atoms with Gasteiger partial charge in [-0.25, -0.2) is 0 Å². The SMILES string of the molecule is CC(=O)c1ccc(NC(=O)CCSc2nnc3ccc4ccccc4n23)cc1. The van der Waals surface area contributed by atoms with Gasteiger partial charge in [0.05, 0.1) is 5.52 Å². The molecule has 0 bridgehead atoms. The van der Waals surface area contributed by atoms with Crippen LogP contribution in [-0.2, 0) is 4.79 Å². The number of ketones is 1. The van der Waals surface area contributed by atoms with Gasteiger partial charge in [-0.2, -0.15) is 0 Å². The molecule has 0 atom stereocenters. The third-order valence-electron chi connectivity index (χ3n) is 4.38. The Bertz CT molecular complexity index is 1170. The lowest BCUT2D eigenvalue weighted by Crippen LogP contribution is -2.12. The van der Waals surface area contributed by atoms with Crippen molar-refractivity contribution in [1.82, 2.24) is 14.6 Å². The second-order valence-corrected chi connectivity index (χ2v) is 7.41. The maximum Gasteiger partial charge on any atom is 0.225 e. The highest BCUT2D eigenvalue weighted by Gasteiger charge is 2.10. The second kappa shape index (κ2) is 7.82. The molecule has 1 N–H and O–H groups in total. The van der Waals surface area contributed by atoms with Crippen LogP contribution in [0.2, 0.25) is 0 Å². The van der Waals surface area contributed by atoms with Crippen molar-refractivity contribution >= 4 is 45.7 Å². The summed E-state index contributed by atoms with van der Waals surface area (Å²) in [5, 5.41) is 13.2. The minimum Gasteiger partial charge on any atom is -0.326 e. The van der Waals surface area contributed by atoms with E-state index in [4.69, 9.17) is 0 Å². The van der Waals surface area contributed by atoms with Crippen molar-refractivity contribution in [3.8, 4) is 0 Å². The number of pyridine rings is 1. The Morgan fingerprint density at radius 1 is 1.00 bits per heavy atom. The summed E-state index contributed by atoms with van der Waals surface area (Å²) in [7, 11) is 0. The number of fused-ring (bicyclic) bond motifs is 3. The van der Waals surface area contributed by atoms with E-state index >= 15 is 0 Å². The summed E-state index contributed by atoms with van der Waals surface area (Å²) in [6, 6.07) is 18.9. The van der Waals surface area contributed by atoms with Crippen LogP contribution in [0.4, 0.5) is 5.69 Å². The lowest BCUT2D eigenvalue weighted by Gasteiger charge is -2.06. The van der Waals surface area contributed by atoms with Crippen LogP contribution >= 0.6 is 11.8 Å². The number of hydrogen-bond acceptors (Lipinski definition) is 5. The quantitative estimate of drug-likeness (QED) is 0.394. The molecule has 4 rings (SSSR count). The van der Waals surface area contributed by atoms with E-state index < -0.39 is 0 Å². The smallest absolute Gasteiger partial charge is 0.225 e. The van der Waals surface area contributed by atoms with Crippen LogP contribution in [0.1, 0.15) is 23.7 Å². The molecule has 1 amide bonds. The van der Waals surface area contributed by atoms with Crippen LogP contribution in [0.5, 0.6) is 0 Å². The largest absolute Gasteiger partial charge is 0.326 e. The standard InChI is InChI=1S/C21H18N4O2S/c1-14(26)15-6-9-17(10-7-15)22-20(27)12-13-28-21-24-23-19-11-8-16-4-2-3-5-18(16)25(19)21/h2-11H,12-13H2,1H3,(H,22,27). The van der Waals surface area contributed by atoms with Crippen LogP contribution in [0, 0.1) is 0 Å². The Balaban J connectivity index is 1.40. The summed E-state index contributed by atoms with van der Waals surface area (Å²) < 4.78 is 2.01. The molecule has 0 fully saturated rings. The van der Waals surface area contributed by atoms with E-state index in [1.807, 2.05) is 40.8 Å². The maximum atomic E-state index is 12.2. The van der Waals surface area contributed by atoms with Gasteiger partial charge in [0.25, 0.3) is 0 Å². The number of aromatic nitrogens is 3. The van der Waals surface area contributed by atoms with Crippen molar-refractivity contribution in [2.45, 2.75) is 18.5 Å². The highest BCUT2D eigenvalue weighted by Crippen LogP contribution is 2.23. The van der Waals surface area contributed by atoms with Gasteiger partial charge in [-0.3, -0.25) is 14.0 Å². The molecule has 0 aliphatic carbocycles. The van der Waals surface area contributed by atoms with Crippen LogP contribution in [0.15, 0.2) is 65.8 Å². The number of anilines is 1. The number of carbonyl (C=O) groups is 2. The fourth-order valence-corrected chi connectivity index (χ4v) is 3.84.